The Balaban J connectivity index is 1.96. The number of pyridine rings is 1. The highest BCUT2D eigenvalue weighted by Gasteiger charge is 2.22. The molecule has 1 unspecified atom stereocenters. The van der Waals surface area contributed by atoms with E-state index in [4.69, 9.17) is 4.99 Å². The molecule has 1 aromatic rings. The monoisotopic (exact) mass is 249 g/mol. The molecule has 3 nitrogen and oxygen atoms in total. The van der Waals surface area contributed by atoms with Gasteiger partial charge in [0.25, 0.3) is 0 Å². The predicted octanol–water partition coefficient (Wildman–Crippen LogP) is 2.86. The highest BCUT2D eigenvalue weighted by atomic mass is 32.2. The van der Waals surface area contributed by atoms with Gasteiger partial charge in [-0.25, -0.2) is 0 Å². The number of aromatic nitrogens is 1. The van der Waals surface area contributed by atoms with Crippen LogP contribution in [0.3, 0.4) is 0 Å². The van der Waals surface area contributed by atoms with Gasteiger partial charge in [0.2, 0.25) is 0 Å². The minimum Gasteiger partial charge on any atom is -0.358 e. The molecule has 2 atom stereocenters. The largest absolute Gasteiger partial charge is 0.358 e. The first-order valence-corrected chi connectivity index (χ1v) is 7.02. The van der Waals surface area contributed by atoms with Crippen molar-refractivity contribution in [1.82, 2.24) is 10.3 Å². The van der Waals surface area contributed by atoms with Crippen molar-refractivity contribution in [1.29, 1.82) is 0 Å². The van der Waals surface area contributed by atoms with Gasteiger partial charge in [-0.3, -0.25) is 9.98 Å². The first kappa shape index (κ1) is 12.4. The molecule has 17 heavy (non-hydrogen) atoms. The molecule has 0 aromatic carbocycles. The van der Waals surface area contributed by atoms with E-state index in [0.717, 1.165) is 10.9 Å². The van der Waals surface area contributed by atoms with Gasteiger partial charge < -0.3 is 5.32 Å². The molecule has 92 valence electrons. The summed E-state index contributed by atoms with van der Waals surface area (Å²) >= 11 is 1.82. The number of hydrogen-bond acceptors (Lipinski definition) is 4. The van der Waals surface area contributed by atoms with Crippen molar-refractivity contribution in [3.63, 3.8) is 0 Å². The van der Waals surface area contributed by atoms with Crippen molar-refractivity contribution < 1.29 is 0 Å². The molecule has 0 amide bonds. The van der Waals surface area contributed by atoms with Crippen molar-refractivity contribution in [2.24, 2.45) is 10.9 Å². The topological polar surface area (TPSA) is 37.3 Å². The quantitative estimate of drug-likeness (QED) is 0.895. The Bertz CT molecular complexity index is 389. The van der Waals surface area contributed by atoms with Crippen molar-refractivity contribution in [2.75, 3.05) is 5.75 Å². The van der Waals surface area contributed by atoms with Crippen LogP contribution in [-0.4, -0.2) is 21.9 Å². The molecule has 0 saturated heterocycles. The smallest absolute Gasteiger partial charge is 0.157 e. The lowest BCUT2D eigenvalue weighted by molar-refractivity contribution is 0.541. The number of thioether (sulfide) groups is 1. The second-order valence-electron chi connectivity index (χ2n) is 4.71. The van der Waals surface area contributed by atoms with Crippen LogP contribution in [0.25, 0.3) is 0 Å². The summed E-state index contributed by atoms with van der Waals surface area (Å²) in [4.78, 5) is 8.84. The lowest BCUT2D eigenvalue weighted by atomic mass is 10.1. The number of nitrogens with zero attached hydrogens (tertiary/aromatic N) is 2. The Kier molecular flexibility index (Phi) is 4.05. The minimum atomic E-state index is 0.265. The number of hydrogen-bond donors (Lipinski definition) is 1. The standard InChI is InChI=1S/C13H19N3S/c1-9(2)12-8-17-13(16-12)15-10(3)11-5-4-6-14-7-11/h4-7,9-10,12H,8H2,1-3H3,(H,15,16)/t10?,12-/m1/s1. The van der Waals surface area contributed by atoms with Gasteiger partial charge in [0, 0.05) is 18.1 Å². The molecule has 1 aliphatic rings. The SMILES string of the molecule is CC(NC1=N[C@@H](C(C)C)CS1)c1cccnc1. The minimum absolute atomic E-state index is 0.265. The third-order valence-electron chi connectivity index (χ3n) is 2.97. The summed E-state index contributed by atoms with van der Waals surface area (Å²) in [6, 6.07) is 4.78. The maximum Gasteiger partial charge on any atom is 0.157 e. The first-order chi connectivity index (χ1) is 8.16. The van der Waals surface area contributed by atoms with Crippen LogP contribution in [0, 0.1) is 5.92 Å². The van der Waals surface area contributed by atoms with E-state index in [9.17, 15) is 0 Å². The van der Waals surface area contributed by atoms with Gasteiger partial charge in [0.05, 0.1) is 12.1 Å². The maximum absolute atomic E-state index is 4.70. The van der Waals surface area contributed by atoms with Gasteiger partial charge in [-0.15, -0.1) is 0 Å². The summed E-state index contributed by atoms with van der Waals surface area (Å²) in [6.45, 7) is 6.59. The van der Waals surface area contributed by atoms with Crippen LogP contribution in [0.4, 0.5) is 0 Å². The molecule has 2 heterocycles. The van der Waals surface area contributed by atoms with Crippen LogP contribution < -0.4 is 5.32 Å². The second kappa shape index (κ2) is 5.54. The molecular weight excluding hydrogens is 230 g/mol. The van der Waals surface area contributed by atoms with Crippen molar-refractivity contribution in [3.8, 4) is 0 Å². The zero-order valence-electron chi connectivity index (χ0n) is 10.6. The molecule has 0 bridgehead atoms. The Morgan fingerprint density at radius 3 is 2.82 bits per heavy atom. The van der Waals surface area contributed by atoms with Crippen molar-refractivity contribution in [3.05, 3.63) is 30.1 Å². The fraction of sp³-hybridized carbons (Fsp3) is 0.538. The molecule has 1 aromatic heterocycles. The van der Waals surface area contributed by atoms with Crippen molar-refractivity contribution >= 4 is 16.9 Å². The third kappa shape index (κ3) is 3.22. The Labute approximate surface area is 107 Å². The normalized spacial score (nSPS) is 21.4. The second-order valence-corrected chi connectivity index (χ2v) is 5.72. The molecule has 0 fully saturated rings. The number of amidine groups is 1. The van der Waals surface area contributed by atoms with Gasteiger partial charge in [-0.2, -0.15) is 0 Å². The molecule has 0 radical (unpaired) electrons. The summed E-state index contributed by atoms with van der Waals surface area (Å²) in [7, 11) is 0. The molecule has 2 rings (SSSR count). The Hall–Kier alpha value is -1.03. The van der Waals surface area contributed by atoms with E-state index in [1.807, 2.05) is 24.0 Å². The highest BCUT2D eigenvalue weighted by Crippen LogP contribution is 2.23. The molecule has 1 aliphatic heterocycles. The third-order valence-corrected chi connectivity index (χ3v) is 3.97. The summed E-state index contributed by atoms with van der Waals surface area (Å²) in [6.07, 6.45) is 3.70. The average Bonchev–Trinajstić information content (AvgIpc) is 2.79. The van der Waals surface area contributed by atoms with Crippen LogP contribution in [0.2, 0.25) is 0 Å². The highest BCUT2D eigenvalue weighted by molar-refractivity contribution is 8.14. The van der Waals surface area contributed by atoms with Gasteiger partial charge >= 0.3 is 0 Å². The number of nitrogens with one attached hydrogen (secondary N) is 1. The summed E-state index contributed by atoms with van der Waals surface area (Å²) in [5.74, 6) is 1.72. The summed E-state index contributed by atoms with van der Waals surface area (Å²) in [5.41, 5.74) is 1.20. The van der Waals surface area contributed by atoms with E-state index in [2.05, 4.69) is 37.1 Å². The number of aliphatic imine (C=N–C) groups is 1. The molecular formula is C13H19N3S. The lowest BCUT2D eigenvalue weighted by Crippen LogP contribution is -2.23. The average molecular weight is 249 g/mol. The van der Waals surface area contributed by atoms with E-state index in [1.165, 1.54) is 5.56 Å². The first-order valence-electron chi connectivity index (χ1n) is 6.04. The van der Waals surface area contributed by atoms with Crippen LogP contribution in [0.15, 0.2) is 29.5 Å². The molecule has 0 spiro atoms. The van der Waals surface area contributed by atoms with Crippen molar-refractivity contribution in [2.45, 2.75) is 32.9 Å². The van der Waals surface area contributed by atoms with Crippen LogP contribution in [0.1, 0.15) is 32.4 Å². The van der Waals surface area contributed by atoms with E-state index >= 15 is 0 Å². The lowest BCUT2D eigenvalue weighted by Gasteiger charge is -2.14. The zero-order valence-corrected chi connectivity index (χ0v) is 11.4. The maximum atomic E-state index is 4.70. The fourth-order valence-corrected chi connectivity index (χ4v) is 2.97. The van der Waals surface area contributed by atoms with E-state index < -0.39 is 0 Å². The van der Waals surface area contributed by atoms with E-state index in [1.54, 1.807) is 6.20 Å². The molecule has 1 N–H and O–H groups in total. The van der Waals surface area contributed by atoms with Gasteiger partial charge in [-0.05, 0) is 24.5 Å². The molecule has 4 heteroatoms. The van der Waals surface area contributed by atoms with Crippen LogP contribution in [-0.2, 0) is 0 Å². The number of rotatable bonds is 3. The fourth-order valence-electron chi connectivity index (χ4n) is 1.71. The summed E-state index contributed by atoms with van der Waals surface area (Å²) in [5, 5.41) is 4.52. The zero-order chi connectivity index (χ0) is 12.3. The molecule has 0 saturated carbocycles. The van der Waals surface area contributed by atoms with Crippen LogP contribution >= 0.6 is 11.8 Å². The van der Waals surface area contributed by atoms with Gasteiger partial charge in [0.15, 0.2) is 5.17 Å². The van der Waals surface area contributed by atoms with Gasteiger partial charge in [0.1, 0.15) is 0 Å². The van der Waals surface area contributed by atoms with Crippen LogP contribution in [0.5, 0.6) is 0 Å². The van der Waals surface area contributed by atoms with Gasteiger partial charge in [-0.1, -0.05) is 31.7 Å². The Morgan fingerprint density at radius 1 is 1.41 bits per heavy atom. The summed E-state index contributed by atoms with van der Waals surface area (Å²) < 4.78 is 0. The van der Waals surface area contributed by atoms with E-state index in [0.29, 0.717) is 12.0 Å². The predicted molar refractivity (Wildman–Crippen MR) is 74.3 cm³/mol. The Morgan fingerprint density at radius 2 is 2.24 bits per heavy atom. The molecule has 0 aliphatic carbocycles. The van der Waals surface area contributed by atoms with E-state index in [-0.39, 0.29) is 6.04 Å².